The first kappa shape index (κ1) is 13.7. The van der Waals surface area contributed by atoms with Gasteiger partial charge in [0, 0.05) is 13.1 Å². The number of hydrogen-bond donors (Lipinski definition) is 0. The highest BCUT2D eigenvalue weighted by atomic mass is 32.2. The summed E-state index contributed by atoms with van der Waals surface area (Å²) in [5.41, 5.74) is 1.05. The van der Waals surface area contributed by atoms with Gasteiger partial charge in [-0.15, -0.1) is 11.3 Å². The molecular formula is C12H15NO2S3. The van der Waals surface area contributed by atoms with Crippen LogP contribution in [0, 0.1) is 0 Å². The molecule has 0 aromatic carbocycles. The third-order valence-electron chi connectivity index (χ3n) is 2.50. The maximum absolute atomic E-state index is 12.4. The lowest BCUT2D eigenvalue weighted by molar-refractivity contribution is 0.407. The summed E-state index contributed by atoms with van der Waals surface area (Å²) < 4.78 is 26.9. The number of hydrogen-bond acceptors (Lipinski definition) is 4. The summed E-state index contributed by atoms with van der Waals surface area (Å²) in [6.45, 7) is 3.00. The van der Waals surface area contributed by atoms with Crippen LogP contribution in [0.5, 0.6) is 0 Å². The Kier molecular flexibility index (Phi) is 4.55. The summed E-state index contributed by atoms with van der Waals surface area (Å²) in [7, 11) is -3.34. The molecule has 2 rings (SSSR count). The Labute approximate surface area is 116 Å². The van der Waals surface area contributed by atoms with Crippen LogP contribution in [-0.2, 0) is 16.6 Å². The standard InChI is InChI=1S/C12H15NO2S3/c1-2-6-13(9-11-5-8-16-10-11)18(14,15)12-4-3-7-17-12/h3-5,7-8,10H,2,6,9H2,1H3. The van der Waals surface area contributed by atoms with E-state index in [-0.39, 0.29) is 0 Å². The normalized spacial score (nSPS) is 12.1. The number of sulfonamides is 1. The molecule has 2 aromatic heterocycles. The van der Waals surface area contributed by atoms with E-state index in [1.165, 1.54) is 11.3 Å². The van der Waals surface area contributed by atoms with Gasteiger partial charge >= 0.3 is 0 Å². The van der Waals surface area contributed by atoms with Crippen molar-refractivity contribution in [3.05, 3.63) is 39.9 Å². The molecule has 0 bridgehead atoms. The van der Waals surface area contributed by atoms with Crippen LogP contribution in [0.2, 0.25) is 0 Å². The van der Waals surface area contributed by atoms with Crippen LogP contribution in [0.15, 0.2) is 38.5 Å². The van der Waals surface area contributed by atoms with E-state index in [2.05, 4.69) is 0 Å². The van der Waals surface area contributed by atoms with Gasteiger partial charge in [-0.3, -0.25) is 0 Å². The van der Waals surface area contributed by atoms with Crippen LogP contribution in [0.1, 0.15) is 18.9 Å². The van der Waals surface area contributed by atoms with Gasteiger partial charge in [0.2, 0.25) is 0 Å². The van der Waals surface area contributed by atoms with E-state index >= 15 is 0 Å². The molecule has 0 saturated heterocycles. The Morgan fingerprint density at radius 2 is 2.11 bits per heavy atom. The molecule has 3 nitrogen and oxygen atoms in total. The summed E-state index contributed by atoms with van der Waals surface area (Å²) in [6, 6.07) is 5.40. The largest absolute Gasteiger partial charge is 0.252 e. The number of nitrogens with zero attached hydrogens (tertiary/aromatic N) is 1. The fourth-order valence-corrected chi connectivity index (χ4v) is 4.98. The van der Waals surface area contributed by atoms with Gasteiger partial charge in [-0.1, -0.05) is 13.0 Å². The van der Waals surface area contributed by atoms with Crippen molar-refractivity contribution in [1.29, 1.82) is 0 Å². The summed E-state index contributed by atoms with van der Waals surface area (Å²) in [4.78, 5) is 0. The monoisotopic (exact) mass is 301 g/mol. The molecule has 0 amide bonds. The third kappa shape index (κ3) is 3.00. The average molecular weight is 301 g/mol. The second-order valence-electron chi connectivity index (χ2n) is 3.90. The molecule has 0 aliphatic heterocycles. The van der Waals surface area contributed by atoms with Gasteiger partial charge in [0.15, 0.2) is 0 Å². The zero-order valence-electron chi connectivity index (χ0n) is 10.1. The van der Waals surface area contributed by atoms with Crippen molar-refractivity contribution in [1.82, 2.24) is 4.31 Å². The Balaban J connectivity index is 2.24. The van der Waals surface area contributed by atoms with Crippen molar-refractivity contribution in [2.24, 2.45) is 0 Å². The lowest BCUT2D eigenvalue weighted by Gasteiger charge is -2.20. The predicted molar refractivity (Wildman–Crippen MR) is 76.5 cm³/mol. The van der Waals surface area contributed by atoms with E-state index in [0.717, 1.165) is 12.0 Å². The minimum atomic E-state index is -3.34. The Morgan fingerprint density at radius 3 is 2.67 bits per heavy atom. The maximum atomic E-state index is 12.4. The van der Waals surface area contributed by atoms with Crippen LogP contribution in [0.4, 0.5) is 0 Å². The molecule has 0 fully saturated rings. The van der Waals surface area contributed by atoms with Gasteiger partial charge in [-0.25, -0.2) is 8.42 Å². The van der Waals surface area contributed by atoms with E-state index in [1.54, 1.807) is 33.2 Å². The first-order valence-corrected chi connectivity index (χ1v) is 8.95. The highest BCUT2D eigenvalue weighted by molar-refractivity contribution is 7.91. The van der Waals surface area contributed by atoms with Gasteiger partial charge in [0.1, 0.15) is 4.21 Å². The van der Waals surface area contributed by atoms with Crippen molar-refractivity contribution >= 4 is 32.7 Å². The molecule has 0 unspecified atom stereocenters. The SMILES string of the molecule is CCCN(Cc1ccsc1)S(=O)(=O)c1cccs1. The van der Waals surface area contributed by atoms with Crippen molar-refractivity contribution < 1.29 is 8.42 Å². The topological polar surface area (TPSA) is 37.4 Å². The fourth-order valence-electron chi connectivity index (χ4n) is 1.66. The van der Waals surface area contributed by atoms with Gasteiger partial charge in [0.05, 0.1) is 0 Å². The molecule has 0 radical (unpaired) electrons. The highest BCUT2D eigenvalue weighted by Gasteiger charge is 2.24. The van der Waals surface area contributed by atoms with E-state index in [9.17, 15) is 8.42 Å². The summed E-state index contributed by atoms with van der Waals surface area (Å²) >= 11 is 2.86. The minimum absolute atomic E-state index is 0.422. The van der Waals surface area contributed by atoms with E-state index in [1.807, 2.05) is 23.8 Å². The molecule has 0 aliphatic rings. The molecule has 0 atom stereocenters. The van der Waals surface area contributed by atoms with Gasteiger partial charge in [-0.2, -0.15) is 15.6 Å². The zero-order chi connectivity index (χ0) is 13.0. The molecule has 2 heterocycles. The van der Waals surface area contributed by atoms with E-state index < -0.39 is 10.0 Å². The molecular weight excluding hydrogens is 286 g/mol. The van der Waals surface area contributed by atoms with Crippen molar-refractivity contribution in [2.75, 3.05) is 6.54 Å². The number of thiophene rings is 2. The lowest BCUT2D eigenvalue weighted by atomic mass is 10.3. The van der Waals surface area contributed by atoms with Crippen LogP contribution < -0.4 is 0 Å². The Morgan fingerprint density at radius 1 is 1.28 bits per heavy atom. The Bertz CT molecular complexity index is 559. The van der Waals surface area contributed by atoms with Crippen molar-refractivity contribution in [3.63, 3.8) is 0 Å². The molecule has 0 spiro atoms. The molecule has 98 valence electrons. The first-order chi connectivity index (χ1) is 8.64. The first-order valence-electron chi connectivity index (χ1n) is 5.69. The summed E-state index contributed by atoms with van der Waals surface area (Å²) in [5.74, 6) is 0. The fraction of sp³-hybridized carbons (Fsp3) is 0.333. The van der Waals surface area contributed by atoms with Crippen LogP contribution in [0.3, 0.4) is 0 Å². The average Bonchev–Trinajstić information content (AvgIpc) is 3.01. The summed E-state index contributed by atoms with van der Waals surface area (Å²) in [5, 5.41) is 5.76. The van der Waals surface area contributed by atoms with Gasteiger partial charge in [-0.05, 0) is 40.3 Å². The van der Waals surface area contributed by atoms with Crippen LogP contribution in [0.25, 0.3) is 0 Å². The highest BCUT2D eigenvalue weighted by Crippen LogP contribution is 2.23. The second kappa shape index (κ2) is 5.97. The molecule has 6 heteroatoms. The predicted octanol–water partition coefficient (Wildman–Crippen LogP) is 3.41. The molecule has 18 heavy (non-hydrogen) atoms. The molecule has 0 N–H and O–H groups in total. The molecule has 0 saturated carbocycles. The lowest BCUT2D eigenvalue weighted by Crippen LogP contribution is -2.30. The minimum Gasteiger partial charge on any atom is -0.206 e. The zero-order valence-corrected chi connectivity index (χ0v) is 12.5. The number of rotatable bonds is 6. The van der Waals surface area contributed by atoms with E-state index in [4.69, 9.17) is 0 Å². The Hall–Kier alpha value is -0.690. The van der Waals surface area contributed by atoms with Gasteiger partial charge < -0.3 is 0 Å². The summed E-state index contributed by atoms with van der Waals surface area (Å²) in [6.07, 6.45) is 0.814. The van der Waals surface area contributed by atoms with E-state index in [0.29, 0.717) is 17.3 Å². The smallest absolute Gasteiger partial charge is 0.206 e. The third-order valence-corrected chi connectivity index (χ3v) is 6.45. The molecule has 2 aromatic rings. The van der Waals surface area contributed by atoms with Crippen molar-refractivity contribution in [2.45, 2.75) is 24.1 Å². The quantitative estimate of drug-likeness (QED) is 0.820. The maximum Gasteiger partial charge on any atom is 0.252 e. The van der Waals surface area contributed by atoms with Crippen molar-refractivity contribution in [3.8, 4) is 0 Å². The second-order valence-corrected chi connectivity index (χ2v) is 7.79. The molecule has 0 aliphatic carbocycles. The van der Waals surface area contributed by atoms with Crippen LogP contribution >= 0.6 is 22.7 Å². The van der Waals surface area contributed by atoms with Gasteiger partial charge in [0.25, 0.3) is 10.0 Å². The van der Waals surface area contributed by atoms with Crippen LogP contribution in [-0.4, -0.2) is 19.3 Å².